The molecule has 2 atom stereocenters. The van der Waals surface area contributed by atoms with Gasteiger partial charge in [0.05, 0.1) is 65.7 Å². The average Bonchev–Trinajstić information content (AvgIpc) is 3.89. The third-order valence-corrected chi connectivity index (χ3v) is 20.6. The first kappa shape index (κ1) is 61.3. The molecule has 5 rings (SSSR count). The van der Waals surface area contributed by atoms with Gasteiger partial charge in [-0.05, 0) is 146 Å². The number of carbonyl (C=O) groups is 2. The van der Waals surface area contributed by atoms with E-state index in [1.807, 2.05) is 48.5 Å². The fraction of sp³-hybridized carbons (Fsp3) is 0.571. The van der Waals surface area contributed by atoms with Gasteiger partial charge in [0.2, 0.25) is 0 Å². The van der Waals surface area contributed by atoms with E-state index >= 15 is 0 Å². The van der Waals surface area contributed by atoms with Crippen molar-refractivity contribution in [3.63, 3.8) is 0 Å². The number of hydrogen-bond acceptors (Lipinski definition) is 14. The Balaban J connectivity index is 1.40. The van der Waals surface area contributed by atoms with Gasteiger partial charge in [0, 0.05) is 25.2 Å². The third kappa shape index (κ3) is 16.5. The standard InChI is InChI=1S/C56H81N4O14PSi/c1-17-42-23-37(2)32-57(42)53(62)46-29-50(68-14)51(31-48(46)60(65)66)71-35-41-26-40(27-44(28-41)69-21-19-18-20-22-75(67,73-54(5,6)7)74-55(8,9)10)34-70-49-30-47(59(63)64)45(25-39(49)4)52(61)58-33-38(3)24-43(58)36-72-76(15,16)56(11,12)13/h25-31,42-43H,2-3,17-24,32-36H2,1,4-16H3/t42-,43+/m1/s1. The molecule has 0 aromatic heterocycles. The minimum absolute atomic E-state index is 0.0289. The Bertz CT molecular complexity index is 2690. The second kappa shape index (κ2) is 24.8. The Hall–Kier alpha value is -5.59. The van der Waals surface area contributed by atoms with Gasteiger partial charge >= 0.3 is 7.60 Å². The molecule has 0 N–H and O–H groups in total. The molecule has 20 heteroatoms. The lowest BCUT2D eigenvalue weighted by atomic mass is 10.1. The van der Waals surface area contributed by atoms with E-state index in [0.717, 1.165) is 11.1 Å². The first-order valence-corrected chi connectivity index (χ1v) is 30.6. The maximum Gasteiger partial charge on any atom is 0.331 e. The number of hydrogen-bond donors (Lipinski definition) is 0. The number of likely N-dealkylation sites (tertiary alicyclic amines) is 2. The van der Waals surface area contributed by atoms with Crippen LogP contribution in [0.15, 0.2) is 66.8 Å². The molecular weight excluding hydrogens is 1010 g/mol. The van der Waals surface area contributed by atoms with Crippen LogP contribution in [0.3, 0.4) is 0 Å². The van der Waals surface area contributed by atoms with Crippen molar-refractivity contribution in [1.29, 1.82) is 0 Å². The summed E-state index contributed by atoms with van der Waals surface area (Å²) in [5.74, 6) is -0.217. The molecule has 2 aliphatic heterocycles. The Morgan fingerprint density at radius 2 is 1.21 bits per heavy atom. The van der Waals surface area contributed by atoms with Gasteiger partial charge in [-0.2, -0.15) is 0 Å². The van der Waals surface area contributed by atoms with Crippen LogP contribution in [0.1, 0.15) is 145 Å². The van der Waals surface area contributed by atoms with Crippen molar-refractivity contribution >= 4 is 39.1 Å². The van der Waals surface area contributed by atoms with Crippen LogP contribution in [0.25, 0.3) is 0 Å². The predicted molar refractivity (Wildman–Crippen MR) is 297 cm³/mol. The first-order valence-electron chi connectivity index (χ1n) is 26.0. The molecule has 0 spiro atoms. The molecule has 2 heterocycles. The molecular formula is C56H81N4O14PSi. The van der Waals surface area contributed by atoms with Gasteiger partial charge in [0.25, 0.3) is 23.2 Å². The second-order valence-electron chi connectivity index (χ2n) is 23.4. The van der Waals surface area contributed by atoms with Crippen LogP contribution in [0.2, 0.25) is 18.1 Å². The van der Waals surface area contributed by atoms with E-state index in [2.05, 4.69) is 47.0 Å². The average molecular weight is 1090 g/mol. The number of unbranched alkanes of at least 4 members (excludes halogenated alkanes) is 2. The minimum atomic E-state index is -3.43. The summed E-state index contributed by atoms with van der Waals surface area (Å²) in [6.07, 6.45) is 3.84. The molecule has 2 fully saturated rings. The quantitative estimate of drug-likeness (QED) is 0.0204. The van der Waals surface area contributed by atoms with Gasteiger partial charge in [-0.1, -0.05) is 52.0 Å². The number of aryl methyl sites for hydroxylation is 1. The number of rotatable bonds is 24. The highest BCUT2D eigenvalue weighted by Gasteiger charge is 2.41. The number of carbonyl (C=O) groups excluding carboxylic acids is 2. The van der Waals surface area contributed by atoms with Crippen LogP contribution in [-0.2, 0) is 31.3 Å². The molecule has 0 aliphatic carbocycles. The summed E-state index contributed by atoms with van der Waals surface area (Å²) in [5, 5.41) is 25.1. The smallest absolute Gasteiger partial charge is 0.331 e. The van der Waals surface area contributed by atoms with E-state index in [9.17, 15) is 34.4 Å². The van der Waals surface area contributed by atoms with Crippen LogP contribution in [0, 0.1) is 27.2 Å². The van der Waals surface area contributed by atoms with Crippen LogP contribution in [0.4, 0.5) is 11.4 Å². The van der Waals surface area contributed by atoms with Gasteiger partial charge in [0.1, 0.15) is 35.8 Å². The van der Waals surface area contributed by atoms with E-state index in [1.165, 1.54) is 31.4 Å². The number of nitro benzene ring substituents is 2. The van der Waals surface area contributed by atoms with Gasteiger partial charge in [-0.3, -0.25) is 34.4 Å². The summed E-state index contributed by atoms with van der Waals surface area (Å²) in [4.78, 5) is 55.2. The van der Waals surface area contributed by atoms with Crippen molar-refractivity contribution in [1.82, 2.24) is 9.80 Å². The highest BCUT2D eigenvalue weighted by molar-refractivity contribution is 7.53. The molecule has 3 aromatic carbocycles. The van der Waals surface area contributed by atoms with Crippen LogP contribution in [0.5, 0.6) is 23.0 Å². The summed E-state index contributed by atoms with van der Waals surface area (Å²) in [7, 11) is -4.21. The summed E-state index contributed by atoms with van der Waals surface area (Å²) >= 11 is 0. The summed E-state index contributed by atoms with van der Waals surface area (Å²) in [6, 6.07) is 10.1. The number of benzene rings is 3. The lowest BCUT2D eigenvalue weighted by molar-refractivity contribution is -0.385. The highest BCUT2D eigenvalue weighted by Crippen LogP contribution is 2.55. The molecule has 2 aliphatic rings. The van der Waals surface area contributed by atoms with Crippen molar-refractivity contribution in [2.24, 2.45) is 0 Å². The molecule has 0 saturated carbocycles. The molecule has 418 valence electrons. The topological polar surface area (TPSA) is 209 Å². The van der Waals surface area contributed by atoms with Crippen molar-refractivity contribution in [3.05, 3.63) is 115 Å². The summed E-state index contributed by atoms with van der Waals surface area (Å²) in [5.41, 5.74) is 0.986. The molecule has 0 unspecified atom stereocenters. The van der Waals surface area contributed by atoms with Gasteiger partial charge in [-0.25, -0.2) is 0 Å². The molecule has 2 saturated heterocycles. The zero-order valence-corrected chi connectivity index (χ0v) is 49.1. The normalized spacial score (nSPS) is 16.6. The van der Waals surface area contributed by atoms with Crippen LogP contribution >= 0.6 is 7.60 Å². The van der Waals surface area contributed by atoms with Gasteiger partial charge in [-0.15, -0.1) is 0 Å². The summed E-state index contributed by atoms with van der Waals surface area (Å²) in [6.45, 7) is 34.5. The lowest BCUT2D eigenvalue weighted by Crippen LogP contribution is -2.46. The SMILES string of the molecule is C=C1C[C@@H](CC)N(C(=O)c2cc(OC)c(OCc3cc(COc4cc([N+](=O)[O-])c(C(=O)N5CC(=C)C[C@H]5CO[Si](C)(C)C(C)(C)C)cc4C)cc(OCCCCCP(=O)(OC(C)(C)C)OC(C)(C)C)c3)cc2[N+](=O)[O-])C1. The number of methoxy groups -OCH3 is 1. The third-order valence-electron chi connectivity index (χ3n) is 13.6. The monoisotopic (exact) mass is 1090 g/mol. The zero-order valence-electron chi connectivity index (χ0n) is 47.3. The first-order chi connectivity index (χ1) is 35.2. The molecule has 2 amide bonds. The van der Waals surface area contributed by atoms with E-state index in [4.69, 9.17) is 32.4 Å². The number of ether oxygens (including phenoxy) is 4. The Kier molecular flexibility index (Phi) is 20.0. The van der Waals surface area contributed by atoms with Crippen molar-refractivity contribution in [3.8, 4) is 23.0 Å². The Labute approximate surface area is 450 Å². The molecule has 76 heavy (non-hydrogen) atoms. The number of nitrogens with zero attached hydrogens (tertiary/aromatic N) is 4. The van der Waals surface area contributed by atoms with Crippen LogP contribution < -0.4 is 18.9 Å². The molecule has 18 nitrogen and oxygen atoms in total. The van der Waals surface area contributed by atoms with Crippen molar-refractivity contribution in [2.45, 2.75) is 169 Å². The molecule has 3 aromatic rings. The molecule has 0 bridgehead atoms. The number of amides is 2. The fourth-order valence-corrected chi connectivity index (χ4v) is 12.4. The Morgan fingerprint density at radius 1 is 0.711 bits per heavy atom. The summed E-state index contributed by atoms with van der Waals surface area (Å²) < 4.78 is 56.6. The van der Waals surface area contributed by atoms with Gasteiger partial charge < -0.3 is 42.2 Å². The van der Waals surface area contributed by atoms with Crippen molar-refractivity contribution < 1.29 is 56.4 Å². The van der Waals surface area contributed by atoms with Gasteiger partial charge in [0.15, 0.2) is 19.8 Å². The van der Waals surface area contributed by atoms with E-state index in [-0.39, 0.29) is 78.0 Å². The van der Waals surface area contributed by atoms with E-state index in [1.54, 1.807) is 34.9 Å². The zero-order chi connectivity index (χ0) is 56.7. The second-order valence-corrected chi connectivity index (χ2v) is 30.3. The maximum atomic E-state index is 14.2. The maximum absolute atomic E-state index is 14.2. The van der Waals surface area contributed by atoms with Crippen LogP contribution in [-0.4, -0.2) is 103 Å². The Morgan fingerprint density at radius 3 is 1.71 bits per heavy atom. The molecule has 0 radical (unpaired) electrons. The lowest BCUT2D eigenvalue weighted by Gasteiger charge is -2.38. The van der Waals surface area contributed by atoms with Crippen molar-refractivity contribution in [2.75, 3.05) is 39.6 Å². The van der Waals surface area contributed by atoms with E-state index < -0.39 is 60.2 Å². The number of nitro groups is 2. The fourth-order valence-electron chi connectivity index (χ4n) is 8.89. The van der Waals surface area contributed by atoms with E-state index in [0.29, 0.717) is 74.1 Å². The largest absolute Gasteiger partial charge is 0.494 e. The predicted octanol–water partition coefficient (Wildman–Crippen LogP) is 13.3. The highest BCUT2D eigenvalue weighted by atomic mass is 31.2. The minimum Gasteiger partial charge on any atom is -0.494 e.